The first-order valence-electron chi connectivity index (χ1n) is 12.0. The Balaban J connectivity index is 1.52. The fraction of sp³-hybridized carbons (Fsp3) is 0.241. The highest BCUT2D eigenvalue weighted by atomic mass is 35.5. The fourth-order valence-corrected chi connectivity index (χ4v) is 4.47. The summed E-state index contributed by atoms with van der Waals surface area (Å²) in [7, 11) is 0. The molecular weight excluding hydrogens is 458 g/mol. The van der Waals surface area contributed by atoms with E-state index in [0.29, 0.717) is 30.2 Å². The normalized spacial score (nSPS) is 10.9. The van der Waals surface area contributed by atoms with E-state index in [-0.39, 0.29) is 18.4 Å². The first kappa shape index (κ1) is 24.6. The average Bonchev–Trinajstić information content (AvgIpc) is 3.29. The van der Waals surface area contributed by atoms with Gasteiger partial charge in [-0.25, -0.2) is 0 Å². The van der Waals surface area contributed by atoms with Gasteiger partial charge >= 0.3 is 0 Å². The van der Waals surface area contributed by atoms with E-state index >= 15 is 0 Å². The van der Waals surface area contributed by atoms with E-state index in [9.17, 15) is 9.59 Å². The number of halogens is 1. The van der Waals surface area contributed by atoms with Gasteiger partial charge in [-0.1, -0.05) is 73.1 Å². The molecule has 0 radical (unpaired) electrons. The van der Waals surface area contributed by atoms with Crippen LogP contribution in [0.1, 0.15) is 34.8 Å². The second kappa shape index (κ2) is 11.7. The second-order valence-corrected chi connectivity index (χ2v) is 9.08. The van der Waals surface area contributed by atoms with Crippen LogP contribution in [0.2, 0.25) is 5.02 Å². The predicted molar refractivity (Wildman–Crippen MR) is 142 cm³/mol. The molecule has 0 unspecified atom stereocenters. The first-order chi connectivity index (χ1) is 17.0. The maximum atomic E-state index is 13.6. The average molecular weight is 488 g/mol. The summed E-state index contributed by atoms with van der Waals surface area (Å²) in [5.74, 6) is -0.253. The van der Waals surface area contributed by atoms with Gasteiger partial charge in [-0.3, -0.25) is 9.59 Å². The quantitative estimate of drug-likeness (QED) is 0.300. The van der Waals surface area contributed by atoms with Crippen molar-refractivity contribution in [1.29, 1.82) is 0 Å². The standard InChI is InChI=1S/C29H30ClN3O2/c1-2-16-33(29(35)23-11-8-12-25(30)18-23)21-28(34)32(20-22-9-4-3-5-10-22)17-15-24-19-31-27-14-7-6-13-26(24)27/h3-14,18-19,31H,2,15-17,20-21H2,1H3. The van der Waals surface area contributed by atoms with Gasteiger partial charge in [0.05, 0.1) is 0 Å². The minimum atomic E-state index is -0.181. The maximum absolute atomic E-state index is 13.6. The lowest BCUT2D eigenvalue weighted by molar-refractivity contribution is -0.132. The molecule has 0 aliphatic rings. The van der Waals surface area contributed by atoms with E-state index in [1.54, 1.807) is 29.2 Å². The molecule has 35 heavy (non-hydrogen) atoms. The van der Waals surface area contributed by atoms with E-state index < -0.39 is 0 Å². The number of para-hydroxylation sites is 1. The van der Waals surface area contributed by atoms with Gasteiger partial charge in [0.15, 0.2) is 0 Å². The lowest BCUT2D eigenvalue weighted by Gasteiger charge is -2.28. The molecular formula is C29H30ClN3O2. The molecule has 0 fully saturated rings. The number of hydrogen-bond acceptors (Lipinski definition) is 2. The monoisotopic (exact) mass is 487 g/mol. The Bertz CT molecular complexity index is 1290. The number of hydrogen-bond donors (Lipinski definition) is 1. The molecule has 5 nitrogen and oxygen atoms in total. The largest absolute Gasteiger partial charge is 0.361 e. The van der Waals surface area contributed by atoms with Crippen LogP contribution in [0.15, 0.2) is 85.1 Å². The lowest BCUT2D eigenvalue weighted by Crippen LogP contribution is -2.43. The van der Waals surface area contributed by atoms with Crippen LogP contribution >= 0.6 is 11.6 Å². The Morgan fingerprint density at radius 1 is 0.886 bits per heavy atom. The Hall–Kier alpha value is -3.57. The van der Waals surface area contributed by atoms with E-state index in [4.69, 9.17) is 11.6 Å². The van der Waals surface area contributed by atoms with Gasteiger partial charge in [0, 0.05) is 47.3 Å². The summed E-state index contributed by atoms with van der Waals surface area (Å²) in [5.41, 5.74) is 3.81. The molecule has 2 amide bonds. The van der Waals surface area contributed by atoms with Gasteiger partial charge < -0.3 is 14.8 Å². The Labute approximate surface area is 211 Å². The third kappa shape index (κ3) is 6.31. The first-order valence-corrected chi connectivity index (χ1v) is 12.3. The van der Waals surface area contributed by atoms with Crippen molar-refractivity contribution in [1.82, 2.24) is 14.8 Å². The summed E-state index contributed by atoms with van der Waals surface area (Å²) in [6, 6.07) is 25.0. The number of nitrogens with one attached hydrogen (secondary N) is 1. The molecule has 0 aliphatic carbocycles. The molecule has 3 aromatic carbocycles. The van der Waals surface area contributed by atoms with Gasteiger partial charge in [0.2, 0.25) is 5.91 Å². The number of nitrogens with zero attached hydrogens (tertiary/aromatic N) is 2. The molecule has 0 spiro atoms. The van der Waals surface area contributed by atoms with Crippen LogP contribution in [0.25, 0.3) is 10.9 Å². The lowest BCUT2D eigenvalue weighted by atomic mass is 10.1. The highest BCUT2D eigenvalue weighted by molar-refractivity contribution is 6.31. The molecule has 4 rings (SSSR count). The smallest absolute Gasteiger partial charge is 0.254 e. The maximum Gasteiger partial charge on any atom is 0.254 e. The summed E-state index contributed by atoms with van der Waals surface area (Å²) in [6.45, 7) is 3.58. The van der Waals surface area contributed by atoms with Crippen molar-refractivity contribution in [2.75, 3.05) is 19.6 Å². The number of aromatic nitrogens is 1. The number of rotatable bonds is 10. The van der Waals surface area contributed by atoms with Crippen LogP contribution < -0.4 is 0 Å². The highest BCUT2D eigenvalue weighted by Gasteiger charge is 2.22. The summed E-state index contributed by atoms with van der Waals surface area (Å²) in [6.07, 6.45) is 3.49. The number of amides is 2. The fourth-order valence-electron chi connectivity index (χ4n) is 4.28. The molecule has 0 bridgehead atoms. The summed E-state index contributed by atoms with van der Waals surface area (Å²) in [5, 5.41) is 1.67. The minimum Gasteiger partial charge on any atom is -0.361 e. The van der Waals surface area contributed by atoms with Gasteiger partial charge in [-0.15, -0.1) is 0 Å². The van der Waals surface area contributed by atoms with Crippen molar-refractivity contribution in [2.24, 2.45) is 0 Å². The van der Waals surface area contributed by atoms with Crippen molar-refractivity contribution < 1.29 is 9.59 Å². The number of benzene rings is 3. The SMILES string of the molecule is CCCN(CC(=O)N(CCc1c[nH]c2ccccc12)Cc1ccccc1)C(=O)c1cccc(Cl)c1. The van der Waals surface area contributed by atoms with Gasteiger partial charge in [0.25, 0.3) is 5.91 Å². The third-order valence-corrected chi connectivity index (χ3v) is 6.31. The molecule has 0 saturated heterocycles. The Kier molecular flexibility index (Phi) is 8.22. The molecule has 180 valence electrons. The van der Waals surface area contributed by atoms with Gasteiger partial charge in [-0.05, 0) is 48.2 Å². The van der Waals surface area contributed by atoms with E-state index in [2.05, 4.69) is 17.1 Å². The van der Waals surface area contributed by atoms with Gasteiger partial charge in [-0.2, -0.15) is 0 Å². The van der Waals surface area contributed by atoms with Gasteiger partial charge in [0.1, 0.15) is 6.54 Å². The molecule has 1 heterocycles. The number of H-pyrrole nitrogens is 1. The van der Waals surface area contributed by atoms with Crippen molar-refractivity contribution in [2.45, 2.75) is 26.3 Å². The molecule has 4 aromatic rings. The number of carbonyl (C=O) groups is 2. The van der Waals surface area contributed by atoms with Crippen LogP contribution in [0, 0.1) is 0 Å². The molecule has 1 aromatic heterocycles. The van der Waals surface area contributed by atoms with Crippen molar-refractivity contribution in [3.63, 3.8) is 0 Å². The Morgan fingerprint density at radius 3 is 2.43 bits per heavy atom. The number of fused-ring (bicyclic) bond motifs is 1. The van der Waals surface area contributed by atoms with Crippen molar-refractivity contribution in [3.05, 3.63) is 107 Å². The molecule has 1 N–H and O–H groups in total. The summed E-state index contributed by atoms with van der Waals surface area (Å²) in [4.78, 5) is 33.5. The molecule has 0 aliphatic heterocycles. The zero-order chi connectivity index (χ0) is 24.6. The number of aromatic amines is 1. The zero-order valence-electron chi connectivity index (χ0n) is 19.9. The second-order valence-electron chi connectivity index (χ2n) is 8.65. The molecule has 0 saturated carbocycles. The van der Waals surface area contributed by atoms with E-state index in [1.807, 2.05) is 60.5 Å². The van der Waals surface area contributed by atoms with Crippen LogP contribution in [0.4, 0.5) is 0 Å². The molecule has 0 atom stereocenters. The predicted octanol–water partition coefficient (Wildman–Crippen LogP) is 5.95. The van der Waals surface area contributed by atoms with Crippen molar-refractivity contribution in [3.8, 4) is 0 Å². The zero-order valence-corrected chi connectivity index (χ0v) is 20.7. The van der Waals surface area contributed by atoms with Crippen LogP contribution in [0.5, 0.6) is 0 Å². The van der Waals surface area contributed by atoms with E-state index in [1.165, 1.54) is 10.9 Å². The van der Waals surface area contributed by atoms with Crippen LogP contribution in [0.3, 0.4) is 0 Å². The highest BCUT2D eigenvalue weighted by Crippen LogP contribution is 2.19. The summed E-state index contributed by atoms with van der Waals surface area (Å²) < 4.78 is 0. The van der Waals surface area contributed by atoms with Crippen LogP contribution in [-0.2, 0) is 17.8 Å². The minimum absolute atomic E-state index is 0.0277. The molecule has 6 heteroatoms. The Morgan fingerprint density at radius 2 is 1.66 bits per heavy atom. The topological polar surface area (TPSA) is 56.4 Å². The summed E-state index contributed by atoms with van der Waals surface area (Å²) >= 11 is 6.10. The van der Waals surface area contributed by atoms with Crippen molar-refractivity contribution >= 4 is 34.3 Å². The van der Waals surface area contributed by atoms with Crippen LogP contribution in [-0.4, -0.2) is 46.2 Å². The third-order valence-electron chi connectivity index (χ3n) is 6.07. The van der Waals surface area contributed by atoms with E-state index in [0.717, 1.165) is 23.9 Å². The number of carbonyl (C=O) groups excluding carboxylic acids is 2.